The maximum absolute atomic E-state index is 4.10. The van der Waals surface area contributed by atoms with Gasteiger partial charge in [-0.25, -0.2) is 4.68 Å². The van der Waals surface area contributed by atoms with Gasteiger partial charge in [0.25, 0.3) is 0 Å². The van der Waals surface area contributed by atoms with E-state index >= 15 is 0 Å². The van der Waals surface area contributed by atoms with Gasteiger partial charge in [-0.1, -0.05) is 21.1 Å². The monoisotopic (exact) mass is 252 g/mol. The van der Waals surface area contributed by atoms with Gasteiger partial charge >= 0.3 is 0 Å². The standard InChI is InChI=1S/C9H9BrN4/c1-7-2-9(5-11-4-7)14-6-8(3-10)12-13-14/h2,4-6H,3H2,1H3. The lowest BCUT2D eigenvalue weighted by atomic mass is 10.3. The maximum Gasteiger partial charge on any atom is 0.0937 e. The van der Waals surface area contributed by atoms with Gasteiger partial charge in [0, 0.05) is 11.5 Å². The molecule has 0 aliphatic carbocycles. The van der Waals surface area contributed by atoms with Crippen LogP contribution in [0.5, 0.6) is 0 Å². The number of alkyl halides is 1. The highest BCUT2D eigenvalue weighted by Gasteiger charge is 2.01. The molecule has 72 valence electrons. The van der Waals surface area contributed by atoms with Crippen LogP contribution in [-0.2, 0) is 5.33 Å². The second-order valence-corrected chi connectivity index (χ2v) is 3.57. The number of rotatable bonds is 2. The van der Waals surface area contributed by atoms with Crippen LogP contribution >= 0.6 is 15.9 Å². The lowest BCUT2D eigenvalue weighted by Crippen LogP contribution is -1.95. The highest BCUT2D eigenvalue weighted by Crippen LogP contribution is 2.08. The van der Waals surface area contributed by atoms with Crippen molar-refractivity contribution in [3.05, 3.63) is 35.9 Å². The first-order valence-electron chi connectivity index (χ1n) is 4.19. The molecule has 0 saturated heterocycles. The first-order chi connectivity index (χ1) is 6.79. The average Bonchev–Trinajstić information content (AvgIpc) is 2.66. The second kappa shape index (κ2) is 3.88. The molecule has 4 nitrogen and oxygen atoms in total. The molecule has 0 atom stereocenters. The molecular weight excluding hydrogens is 244 g/mol. The van der Waals surface area contributed by atoms with Crippen molar-refractivity contribution in [2.75, 3.05) is 0 Å². The zero-order chi connectivity index (χ0) is 9.97. The Morgan fingerprint density at radius 1 is 1.43 bits per heavy atom. The predicted molar refractivity (Wildman–Crippen MR) is 56.5 cm³/mol. The second-order valence-electron chi connectivity index (χ2n) is 3.01. The van der Waals surface area contributed by atoms with Crippen LogP contribution in [0.25, 0.3) is 5.69 Å². The number of pyridine rings is 1. The lowest BCUT2D eigenvalue weighted by Gasteiger charge is -1.99. The van der Waals surface area contributed by atoms with Crippen molar-refractivity contribution in [2.45, 2.75) is 12.3 Å². The van der Waals surface area contributed by atoms with Crippen molar-refractivity contribution in [2.24, 2.45) is 0 Å². The number of nitrogens with zero attached hydrogens (tertiary/aromatic N) is 4. The molecule has 0 aliphatic heterocycles. The van der Waals surface area contributed by atoms with Gasteiger partial charge in [0.15, 0.2) is 0 Å². The Morgan fingerprint density at radius 2 is 2.29 bits per heavy atom. The lowest BCUT2D eigenvalue weighted by molar-refractivity contribution is 0.796. The predicted octanol–water partition coefficient (Wildman–Crippen LogP) is 1.87. The van der Waals surface area contributed by atoms with Gasteiger partial charge < -0.3 is 0 Å². The summed E-state index contributed by atoms with van der Waals surface area (Å²) in [5, 5.41) is 8.69. The molecule has 2 aromatic heterocycles. The first-order valence-corrected chi connectivity index (χ1v) is 5.31. The minimum Gasteiger partial charge on any atom is -0.262 e. The van der Waals surface area contributed by atoms with E-state index in [0.717, 1.165) is 16.9 Å². The summed E-state index contributed by atoms with van der Waals surface area (Å²) in [6, 6.07) is 2.01. The van der Waals surface area contributed by atoms with Crippen LogP contribution in [0.4, 0.5) is 0 Å². The van der Waals surface area contributed by atoms with E-state index in [2.05, 4.69) is 31.2 Å². The zero-order valence-electron chi connectivity index (χ0n) is 7.68. The van der Waals surface area contributed by atoms with Crippen LogP contribution in [0.15, 0.2) is 24.7 Å². The highest BCUT2D eigenvalue weighted by atomic mass is 79.9. The summed E-state index contributed by atoms with van der Waals surface area (Å²) in [7, 11) is 0. The minimum absolute atomic E-state index is 0.715. The van der Waals surface area contributed by atoms with Crippen LogP contribution in [0.2, 0.25) is 0 Å². The summed E-state index contributed by atoms with van der Waals surface area (Å²) in [6.07, 6.45) is 5.46. The Hall–Kier alpha value is -1.23. The quantitative estimate of drug-likeness (QED) is 0.767. The van der Waals surface area contributed by atoms with Crippen molar-refractivity contribution < 1.29 is 0 Å². The van der Waals surface area contributed by atoms with E-state index in [0.29, 0.717) is 5.33 Å². The number of aromatic nitrogens is 4. The molecule has 0 spiro atoms. The third-order valence-corrected chi connectivity index (χ3v) is 2.38. The van der Waals surface area contributed by atoms with Gasteiger partial charge in [0.1, 0.15) is 0 Å². The molecule has 0 saturated carbocycles. The SMILES string of the molecule is Cc1cncc(-n2cc(CBr)nn2)c1. The highest BCUT2D eigenvalue weighted by molar-refractivity contribution is 9.08. The van der Waals surface area contributed by atoms with Crippen LogP contribution in [0.1, 0.15) is 11.3 Å². The Kier molecular flexibility index (Phi) is 2.58. The van der Waals surface area contributed by atoms with Crippen molar-refractivity contribution >= 4 is 15.9 Å². The Balaban J connectivity index is 2.39. The van der Waals surface area contributed by atoms with Crippen LogP contribution in [0.3, 0.4) is 0 Å². The van der Waals surface area contributed by atoms with Crippen LogP contribution in [0, 0.1) is 6.92 Å². The van der Waals surface area contributed by atoms with Gasteiger partial charge in [-0.05, 0) is 18.6 Å². The fourth-order valence-electron chi connectivity index (χ4n) is 1.15. The Labute approximate surface area is 90.1 Å². The van der Waals surface area contributed by atoms with Gasteiger partial charge in [-0.15, -0.1) is 5.10 Å². The molecule has 0 bridgehead atoms. The molecule has 0 aromatic carbocycles. The summed E-state index contributed by atoms with van der Waals surface area (Å²) >= 11 is 3.33. The molecule has 0 amide bonds. The number of hydrogen-bond donors (Lipinski definition) is 0. The normalized spacial score (nSPS) is 10.4. The summed E-state index contributed by atoms with van der Waals surface area (Å²) in [4.78, 5) is 4.10. The molecular formula is C9H9BrN4. The minimum atomic E-state index is 0.715. The number of aryl methyl sites for hydroxylation is 1. The van der Waals surface area contributed by atoms with E-state index in [4.69, 9.17) is 0 Å². The molecule has 0 fully saturated rings. The van der Waals surface area contributed by atoms with E-state index in [1.807, 2.05) is 25.4 Å². The smallest absolute Gasteiger partial charge is 0.0937 e. The van der Waals surface area contributed by atoms with Crippen molar-refractivity contribution in [3.63, 3.8) is 0 Å². The third-order valence-electron chi connectivity index (χ3n) is 1.80. The van der Waals surface area contributed by atoms with E-state index in [9.17, 15) is 0 Å². The van der Waals surface area contributed by atoms with Gasteiger partial charge in [-0.2, -0.15) is 0 Å². The number of hydrogen-bond acceptors (Lipinski definition) is 3. The van der Waals surface area contributed by atoms with Gasteiger partial charge in [0.2, 0.25) is 0 Å². The van der Waals surface area contributed by atoms with Crippen LogP contribution in [-0.4, -0.2) is 20.0 Å². The molecule has 2 aromatic rings. The fraction of sp³-hybridized carbons (Fsp3) is 0.222. The maximum atomic E-state index is 4.10. The average molecular weight is 253 g/mol. The van der Waals surface area contributed by atoms with Crippen molar-refractivity contribution in [1.82, 2.24) is 20.0 Å². The van der Waals surface area contributed by atoms with Gasteiger partial charge in [0.05, 0.1) is 23.8 Å². The summed E-state index contributed by atoms with van der Waals surface area (Å²) < 4.78 is 1.72. The molecule has 0 aliphatic rings. The van der Waals surface area contributed by atoms with Crippen molar-refractivity contribution in [1.29, 1.82) is 0 Å². The van der Waals surface area contributed by atoms with Crippen LogP contribution < -0.4 is 0 Å². The summed E-state index contributed by atoms with van der Waals surface area (Å²) in [6.45, 7) is 2.00. The molecule has 0 radical (unpaired) electrons. The Bertz CT molecular complexity index is 438. The summed E-state index contributed by atoms with van der Waals surface area (Å²) in [5.41, 5.74) is 2.95. The summed E-state index contributed by atoms with van der Waals surface area (Å²) in [5.74, 6) is 0. The molecule has 14 heavy (non-hydrogen) atoms. The molecule has 2 rings (SSSR count). The van der Waals surface area contributed by atoms with E-state index in [-0.39, 0.29) is 0 Å². The fourth-order valence-corrected chi connectivity index (χ4v) is 1.41. The molecule has 5 heteroatoms. The molecule has 0 unspecified atom stereocenters. The van der Waals surface area contributed by atoms with E-state index in [1.54, 1.807) is 10.9 Å². The molecule has 0 N–H and O–H groups in total. The largest absolute Gasteiger partial charge is 0.262 e. The Morgan fingerprint density at radius 3 is 2.93 bits per heavy atom. The van der Waals surface area contributed by atoms with Gasteiger partial charge in [-0.3, -0.25) is 4.98 Å². The van der Waals surface area contributed by atoms with E-state index < -0.39 is 0 Å². The molecule has 2 heterocycles. The third kappa shape index (κ3) is 1.82. The van der Waals surface area contributed by atoms with E-state index in [1.165, 1.54) is 0 Å². The first kappa shape index (κ1) is 9.33. The number of halogens is 1. The topological polar surface area (TPSA) is 43.6 Å². The zero-order valence-corrected chi connectivity index (χ0v) is 9.27. The van der Waals surface area contributed by atoms with Crippen molar-refractivity contribution in [3.8, 4) is 5.69 Å².